The Bertz CT molecular complexity index is 418. The van der Waals surface area contributed by atoms with Crippen molar-refractivity contribution in [3.8, 4) is 5.75 Å². The summed E-state index contributed by atoms with van der Waals surface area (Å²) >= 11 is 0. The molecular formula is C14H21FN2O. The van der Waals surface area contributed by atoms with Crippen molar-refractivity contribution in [2.45, 2.75) is 31.8 Å². The number of nitrogens with zero attached hydrogens (tertiary/aromatic N) is 1. The molecule has 3 nitrogen and oxygen atoms in total. The minimum atomic E-state index is -0.295. The molecule has 0 atom stereocenters. The second kappa shape index (κ2) is 5.24. The summed E-state index contributed by atoms with van der Waals surface area (Å²) in [6.07, 6.45) is 2.18. The lowest BCUT2D eigenvalue weighted by molar-refractivity contribution is 0.293. The first kappa shape index (κ1) is 13.3. The number of rotatable bonds is 6. The molecule has 0 bridgehead atoms. The van der Waals surface area contributed by atoms with E-state index in [9.17, 15) is 4.39 Å². The van der Waals surface area contributed by atoms with Crippen LogP contribution in [0.2, 0.25) is 0 Å². The number of hydrogen-bond donors (Lipinski definition) is 1. The molecule has 0 radical (unpaired) electrons. The molecule has 0 unspecified atom stereocenters. The summed E-state index contributed by atoms with van der Waals surface area (Å²) < 4.78 is 18.8. The Labute approximate surface area is 108 Å². The molecule has 1 fully saturated rings. The number of hydrogen-bond acceptors (Lipinski definition) is 3. The van der Waals surface area contributed by atoms with E-state index in [1.165, 1.54) is 6.07 Å². The maximum atomic E-state index is 13.7. The molecule has 1 aromatic carbocycles. The van der Waals surface area contributed by atoms with Gasteiger partial charge in [0.1, 0.15) is 0 Å². The fourth-order valence-corrected chi connectivity index (χ4v) is 2.14. The van der Waals surface area contributed by atoms with E-state index in [0.29, 0.717) is 18.9 Å². The van der Waals surface area contributed by atoms with Gasteiger partial charge in [-0.2, -0.15) is 0 Å². The predicted octanol–water partition coefficient (Wildman–Crippen LogP) is 2.15. The van der Waals surface area contributed by atoms with Crippen LogP contribution in [0.5, 0.6) is 5.75 Å². The van der Waals surface area contributed by atoms with Crippen LogP contribution in [0, 0.1) is 5.82 Å². The molecule has 1 saturated carbocycles. The number of ether oxygens (including phenoxy) is 1. The van der Waals surface area contributed by atoms with Crippen molar-refractivity contribution in [3.05, 3.63) is 29.6 Å². The summed E-state index contributed by atoms with van der Waals surface area (Å²) in [5.74, 6) is 0.0259. The highest BCUT2D eigenvalue weighted by Gasteiger charge is 2.38. The summed E-state index contributed by atoms with van der Waals surface area (Å²) in [4.78, 5) is 2.14. The maximum absolute atomic E-state index is 13.7. The van der Waals surface area contributed by atoms with Gasteiger partial charge in [0.15, 0.2) is 11.6 Å². The van der Waals surface area contributed by atoms with Crippen LogP contribution in [0.1, 0.15) is 25.3 Å². The van der Waals surface area contributed by atoms with Crippen LogP contribution >= 0.6 is 0 Å². The van der Waals surface area contributed by atoms with Crippen LogP contribution in [0.4, 0.5) is 4.39 Å². The van der Waals surface area contributed by atoms with E-state index in [0.717, 1.165) is 24.9 Å². The molecule has 1 aliphatic rings. The average Bonchev–Trinajstić information content (AvgIpc) is 3.00. The van der Waals surface area contributed by atoms with Crippen LogP contribution in [-0.4, -0.2) is 30.6 Å². The highest BCUT2D eigenvalue weighted by atomic mass is 19.1. The minimum Gasteiger partial charge on any atom is -0.491 e. The van der Waals surface area contributed by atoms with Crippen LogP contribution in [-0.2, 0) is 6.54 Å². The monoisotopic (exact) mass is 252 g/mol. The lowest BCUT2D eigenvalue weighted by atomic mass is 10.2. The Morgan fingerprint density at radius 1 is 1.44 bits per heavy atom. The van der Waals surface area contributed by atoms with Gasteiger partial charge in [-0.3, -0.25) is 0 Å². The molecule has 0 saturated heterocycles. The van der Waals surface area contributed by atoms with E-state index in [-0.39, 0.29) is 11.4 Å². The normalized spacial score (nSPS) is 16.9. The van der Waals surface area contributed by atoms with Crippen molar-refractivity contribution >= 4 is 0 Å². The molecule has 0 amide bonds. The smallest absolute Gasteiger partial charge is 0.165 e. The van der Waals surface area contributed by atoms with E-state index in [2.05, 4.69) is 4.90 Å². The minimum absolute atomic E-state index is 0.00143. The Morgan fingerprint density at radius 3 is 2.72 bits per heavy atom. The van der Waals surface area contributed by atoms with E-state index in [1.807, 2.05) is 20.0 Å². The van der Waals surface area contributed by atoms with Gasteiger partial charge in [-0.05, 0) is 44.5 Å². The highest BCUT2D eigenvalue weighted by Crippen LogP contribution is 2.33. The van der Waals surface area contributed by atoms with Gasteiger partial charge in [0.25, 0.3) is 0 Å². The van der Waals surface area contributed by atoms with Gasteiger partial charge in [0, 0.05) is 18.6 Å². The molecule has 0 spiro atoms. The maximum Gasteiger partial charge on any atom is 0.165 e. The first-order valence-corrected chi connectivity index (χ1v) is 6.41. The van der Waals surface area contributed by atoms with Crippen LogP contribution in [0.3, 0.4) is 0 Å². The average molecular weight is 252 g/mol. The summed E-state index contributed by atoms with van der Waals surface area (Å²) in [7, 11) is 2.02. The Kier molecular flexibility index (Phi) is 3.88. The van der Waals surface area contributed by atoms with Crippen molar-refractivity contribution in [3.63, 3.8) is 0 Å². The van der Waals surface area contributed by atoms with Crippen LogP contribution in [0.25, 0.3) is 0 Å². The van der Waals surface area contributed by atoms with Gasteiger partial charge in [0.2, 0.25) is 0 Å². The largest absolute Gasteiger partial charge is 0.491 e. The third-order valence-electron chi connectivity index (χ3n) is 3.23. The lowest BCUT2D eigenvalue weighted by Crippen LogP contribution is -2.36. The van der Waals surface area contributed by atoms with E-state index in [1.54, 1.807) is 6.07 Å². The zero-order valence-corrected chi connectivity index (χ0v) is 11.1. The first-order valence-electron chi connectivity index (χ1n) is 6.41. The van der Waals surface area contributed by atoms with E-state index < -0.39 is 0 Å². The zero-order valence-electron chi connectivity index (χ0n) is 11.1. The summed E-state index contributed by atoms with van der Waals surface area (Å²) in [6, 6.07) is 5.13. The van der Waals surface area contributed by atoms with Gasteiger partial charge < -0.3 is 15.4 Å². The summed E-state index contributed by atoms with van der Waals surface area (Å²) in [5, 5.41) is 0. The van der Waals surface area contributed by atoms with Gasteiger partial charge in [-0.15, -0.1) is 0 Å². The van der Waals surface area contributed by atoms with Gasteiger partial charge >= 0.3 is 0 Å². The van der Waals surface area contributed by atoms with Crippen LogP contribution in [0.15, 0.2) is 18.2 Å². The molecular weight excluding hydrogens is 231 g/mol. The number of benzene rings is 1. The Morgan fingerprint density at radius 2 is 2.17 bits per heavy atom. The molecule has 4 heteroatoms. The number of likely N-dealkylation sites (N-methyl/N-ethyl adjacent to an activating group) is 1. The molecule has 2 rings (SSSR count). The number of halogens is 1. The second-order valence-electron chi connectivity index (χ2n) is 5.23. The molecule has 18 heavy (non-hydrogen) atoms. The molecule has 2 N–H and O–H groups in total. The Balaban J connectivity index is 1.94. The summed E-state index contributed by atoms with van der Waals surface area (Å²) in [5.41, 5.74) is 7.00. The van der Waals surface area contributed by atoms with Crippen molar-refractivity contribution < 1.29 is 9.13 Å². The molecule has 0 aromatic heterocycles. The Hall–Kier alpha value is -1.13. The molecule has 0 heterocycles. The quantitative estimate of drug-likeness (QED) is 0.843. The lowest BCUT2D eigenvalue weighted by Gasteiger charge is -2.21. The van der Waals surface area contributed by atoms with Gasteiger partial charge in [0.05, 0.1) is 6.61 Å². The second-order valence-corrected chi connectivity index (χ2v) is 5.23. The molecule has 1 aliphatic carbocycles. The van der Waals surface area contributed by atoms with Crippen molar-refractivity contribution in [1.82, 2.24) is 4.90 Å². The van der Waals surface area contributed by atoms with Crippen molar-refractivity contribution in [2.24, 2.45) is 5.73 Å². The predicted molar refractivity (Wildman–Crippen MR) is 70.1 cm³/mol. The molecule has 1 aromatic rings. The number of nitrogens with two attached hydrogens (primary N) is 1. The van der Waals surface area contributed by atoms with Gasteiger partial charge in [-0.1, -0.05) is 6.07 Å². The summed E-state index contributed by atoms with van der Waals surface area (Å²) in [6.45, 7) is 3.90. The standard InChI is InChI=1S/C14H21FN2O/c1-3-18-13-5-4-11(8-12(13)15)9-17(2)10-14(16)6-7-14/h4-5,8H,3,6-7,9-10,16H2,1-2H3. The topological polar surface area (TPSA) is 38.5 Å². The third kappa shape index (κ3) is 3.43. The fraction of sp³-hybridized carbons (Fsp3) is 0.571. The molecule has 100 valence electrons. The fourth-order valence-electron chi connectivity index (χ4n) is 2.14. The first-order chi connectivity index (χ1) is 8.52. The van der Waals surface area contributed by atoms with Gasteiger partial charge in [-0.25, -0.2) is 4.39 Å². The van der Waals surface area contributed by atoms with Crippen molar-refractivity contribution in [2.75, 3.05) is 20.2 Å². The third-order valence-corrected chi connectivity index (χ3v) is 3.23. The van der Waals surface area contributed by atoms with E-state index >= 15 is 0 Å². The molecule has 0 aliphatic heterocycles. The SMILES string of the molecule is CCOc1ccc(CN(C)CC2(N)CC2)cc1F. The van der Waals surface area contributed by atoms with Crippen molar-refractivity contribution in [1.29, 1.82) is 0 Å². The highest BCUT2D eigenvalue weighted by molar-refractivity contribution is 5.29. The van der Waals surface area contributed by atoms with E-state index in [4.69, 9.17) is 10.5 Å². The zero-order chi connectivity index (χ0) is 13.2. The van der Waals surface area contributed by atoms with Crippen LogP contribution < -0.4 is 10.5 Å².